The monoisotopic (exact) mass is 273 g/mol. The maximum absolute atomic E-state index is 12.3. The van der Waals surface area contributed by atoms with Crippen molar-refractivity contribution in [2.24, 2.45) is 5.92 Å². The topological polar surface area (TPSA) is 91.8 Å². The summed E-state index contributed by atoms with van der Waals surface area (Å²) >= 11 is 0. The van der Waals surface area contributed by atoms with Crippen LogP contribution in [0.3, 0.4) is 0 Å². The van der Waals surface area contributed by atoms with Crippen molar-refractivity contribution in [3.63, 3.8) is 0 Å². The van der Waals surface area contributed by atoms with Gasteiger partial charge in [0.25, 0.3) is 0 Å². The summed E-state index contributed by atoms with van der Waals surface area (Å²) in [5, 5.41) is 8.55. The van der Waals surface area contributed by atoms with E-state index >= 15 is 0 Å². The second kappa shape index (κ2) is 3.88. The minimum Gasteiger partial charge on any atom is -0.480 e. The van der Waals surface area contributed by atoms with Crippen molar-refractivity contribution in [2.75, 3.05) is 0 Å². The van der Waals surface area contributed by atoms with E-state index in [-0.39, 0.29) is 18.1 Å². The van der Waals surface area contributed by atoms with Gasteiger partial charge in [-0.2, -0.15) is 0 Å². The van der Waals surface area contributed by atoms with Crippen molar-refractivity contribution < 1.29 is 23.7 Å². The number of hydrogen-bond donors (Lipinski definition) is 1. The van der Waals surface area contributed by atoms with Crippen LogP contribution in [-0.4, -0.2) is 48.0 Å². The molecule has 2 aliphatic rings. The van der Waals surface area contributed by atoms with E-state index in [0.717, 1.165) is 0 Å². The molecule has 2 saturated heterocycles. The first-order valence-electron chi connectivity index (χ1n) is 5.64. The number of Topliss-reactive ketones (excluding diaryl/α,β-unsaturated/α-hetero) is 1. The van der Waals surface area contributed by atoms with Gasteiger partial charge in [-0.25, -0.2) is 4.79 Å². The van der Waals surface area contributed by atoms with Crippen LogP contribution in [0.15, 0.2) is 0 Å². The third-order valence-corrected chi connectivity index (χ3v) is 5.86. The molecule has 6 nitrogen and oxygen atoms in total. The van der Waals surface area contributed by atoms with Gasteiger partial charge in [0.1, 0.15) is 17.2 Å². The Morgan fingerprint density at radius 1 is 1.44 bits per heavy atom. The lowest BCUT2D eigenvalue weighted by atomic mass is 9.88. The summed E-state index contributed by atoms with van der Waals surface area (Å²) in [6.45, 7) is 4.53. The number of carbonyl (C=O) groups is 3. The summed E-state index contributed by atoms with van der Waals surface area (Å²) in [5.74, 6) is -2.29. The van der Waals surface area contributed by atoms with Crippen molar-refractivity contribution in [2.45, 2.75) is 43.4 Å². The molecule has 0 aliphatic carbocycles. The highest BCUT2D eigenvalue weighted by atomic mass is 32.2. The smallest absolute Gasteiger partial charge is 0.327 e. The summed E-state index contributed by atoms with van der Waals surface area (Å²) in [6, 6.07) is -1.07. The van der Waals surface area contributed by atoms with Gasteiger partial charge in [0.15, 0.2) is 0 Å². The number of amides is 1. The van der Waals surface area contributed by atoms with E-state index < -0.39 is 38.8 Å². The molecule has 100 valence electrons. The van der Waals surface area contributed by atoms with Gasteiger partial charge in [0, 0.05) is 6.42 Å². The zero-order valence-corrected chi connectivity index (χ0v) is 11.2. The Morgan fingerprint density at radius 2 is 2.00 bits per heavy atom. The molecule has 1 N–H and O–H groups in total. The lowest BCUT2D eigenvalue weighted by molar-refractivity contribution is -0.164. The first-order valence-corrected chi connectivity index (χ1v) is 6.86. The molecule has 0 aromatic carbocycles. The normalized spacial score (nSPS) is 37.1. The first kappa shape index (κ1) is 13.2. The maximum Gasteiger partial charge on any atom is 0.327 e. The molecule has 4 atom stereocenters. The Kier molecular flexibility index (Phi) is 2.84. The second-order valence-corrected chi connectivity index (χ2v) is 7.42. The molecule has 0 aromatic rings. The third kappa shape index (κ3) is 1.53. The molecule has 0 bridgehead atoms. The second-order valence-electron chi connectivity index (χ2n) is 5.29. The van der Waals surface area contributed by atoms with Crippen molar-refractivity contribution in [3.8, 4) is 0 Å². The highest BCUT2D eigenvalue weighted by Crippen LogP contribution is 2.47. The number of ketones is 1. The van der Waals surface area contributed by atoms with E-state index in [1.165, 1.54) is 11.8 Å². The van der Waals surface area contributed by atoms with Crippen LogP contribution in [0, 0.1) is 5.92 Å². The van der Waals surface area contributed by atoms with E-state index in [2.05, 4.69) is 0 Å². The van der Waals surface area contributed by atoms with E-state index in [1.807, 2.05) is 0 Å². The molecular formula is C11H15NO5S. The Balaban J connectivity index is 2.34. The molecule has 18 heavy (non-hydrogen) atoms. The van der Waals surface area contributed by atoms with E-state index in [0.29, 0.717) is 0 Å². The molecule has 2 fully saturated rings. The molecule has 0 radical (unpaired) electrons. The number of fused-ring (bicyclic) bond motifs is 1. The fraction of sp³-hybridized carbons (Fsp3) is 0.727. The number of rotatable bonds is 3. The number of carboxylic acids is 1. The highest BCUT2D eigenvalue weighted by molar-refractivity contribution is 7.87. The van der Waals surface area contributed by atoms with Crippen LogP contribution >= 0.6 is 0 Å². The lowest BCUT2D eigenvalue weighted by Gasteiger charge is -2.42. The van der Waals surface area contributed by atoms with Crippen molar-refractivity contribution in [1.82, 2.24) is 4.90 Å². The van der Waals surface area contributed by atoms with Crippen LogP contribution < -0.4 is 0 Å². The molecular weight excluding hydrogens is 258 g/mol. The predicted octanol–water partition coefficient (Wildman–Crippen LogP) is -0.256. The number of carbonyl (C=O) groups excluding carboxylic acids is 2. The van der Waals surface area contributed by atoms with E-state index in [1.54, 1.807) is 13.8 Å². The summed E-state index contributed by atoms with van der Waals surface area (Å²) in [7, 11) is -1.47. The van der Waals surface area contributed by atoms with Gasteiger partial charge in [-0.15, -0.1) is 0 Å². The molecule has 7 heteroatoms. The van der Waals surface area contributed by atoms with Gasteiger partial charge in [0.05, 0.1) is 21.5 Å². The van der Waals surface area contributed by atoms with Crippen LogP contribution in [0.4, 0.5) is 0 Å². The fourth-order valence-corrected chi connectivity index (χ4v) is 4.75. The number of β-lactam (4-membered cyclic amide) rings is 1. The summed E-state index contributed by atoms with van der Waals surface area (Å²) in [5.41, 5.74) is 0. The van der Waals surface area contributed by atoms with Gasteiger partial charge in [0.2, 0.25) is 5.91 Å². The predicted molar refractivity (Wildman–Crippen MR) is 63.1 cm³/mol. The Bertz CT molecular complexity index is 472. The maximum atomic E-state index is 12.3. The molecule has 1 unspecified atom stereocenters. The first-order chi connectivity index (χ1) is 8.19. The number of nitrogens with zero attached hydrogens (tertiary/aromatic N) is 1. The SMILES string of the molecule is CC(=O)C[C@@H]1C(=O)N2[C@@H]1S(=O)C(C)(C)[C@@H]2C(=O)O. The molecule has 0 spiro atoms. The quantitative estimate of drug-likeness (QED) is 0.715. The van der Waals surface area contributed by atoms with Gasteiger partial charge in [-0.1, -0.05) is 0 Å². The molecule has 2 rings (SSSR count). The van der Waals surface area contributed by atoms with Crippen molar-refractivity contribution in [3.05, 3.63) is 0 Å². The van der Waals surface area contributed by atoms with Gasteiger partial charge >= 0.3 is 5.97 Å². The number of aliphatic carboxylic acids is 1. The van der Waals surface area contributed by atoms with Crippen LogP contribution in [0.25, 0.3) is 0 Å². The fourth-order valence-electron chi connectivity index (χ4n) is 2.75. The average Bonchev–Trinajstić information content (AvgIpc) is 2.42. The minimum atomic E-state index is -1.47. The average molecular weight is 273 g/mol. The Labute approximate surface area is 107 Å². The third-order valence-electron chi connectivity index (χ3n) is 3.61. The number of carboxylic acid groups (broad SMARTS) is 1. The summed E-state index contributed by atoms with van der Waals surface area (Å²) < 4.78 is 11.3. The minimum absolute atomic E-state index is 0.0359. The van der Waals surface area contributed by atoms with Crippen LogP contribution in [0.1, 0.15) is 27.2 Å². The van der Waals surface area contributed by atoms with Crippen LogP contribution in [0.2, 0.25) is 0 Å². The highest BCUT2D eigenvalue weighted by Gasteiger charge is 2.67. The van der Waals surface area contributed by atoms with Crippen LogP contribution in [0.5, 0.6) is 0 Å². The number of hydrogen-bond acceptors (Lipinski definition) is 4. The Hall–Kier alpha value is -1.24. The van der Waals surface area contributed by atoms with Crippen molar-refractivity contribution >= 4 is 28.5 Å². The summed E-state index contributed by atoms with van der Waals surface area (Å²) in [4.78, 5) is 35.4. The standard InChI is InChI=1S/C11H15NO5S/c1-5(13)4-6-8(14)12-7(10(15)16)11(2,3)18(17)9(6)12/h6-7,9H,4H2,1-3H3,(H,15,16)/t6-,7+,9-,18?/m1/s1. The van der Waals surface area contributed by atoms with E-state index in [9.17, 15) is 23.7 Å². The zero-order chi connectivity index (χ0) is 13.8. The largest absolute Gasteiger partial charge is 0.480 e. The van der Waals surface area contributed by atoms with Gasteiger partial charge in [-0.05, 0) is 20.8 Å². The molecule has 0 aromatic heterocycles. The summed E-state index contributed by atoms with van der Waals surface area (Å²) in [6.07, 6.45) is 0.0359. The molecule has 2 aliphatic heterocycles. The van der Waals surface area contributed by atoms with Crippen LogP contribution in [-0.2, 0) is 25.2 Å². The molecule has 1 amide bonds. The lowest BCUT2D eigenvalue weighted by Crippen LogP contribution is -2.63. The molecule has 2 heterocycles. The Morgan fingerprint density at radius 3 is 2.44 bits per heavy atom. The van der Waals surface area contributed by atoms with Gasteiger partial charge < -0.3 is 14.8 Å². The zero-order valence-electron chi connectivity index (χ0n) is 10.4. The van der Waals surface area contributed by atoms with E-state index in [4.69, 9.17) is 0 Å². The van der Waals surface area contributed by atoms with Gasteiger partial charge in [-0.3, -0.25) is 9.00 Å². The van der Waals surface area contributed by atoms with Crippen molar-refractivity contribution in [1.29, 1.82) is 0 Å². The molecule has 0 saturated carbocycles.